The highest BCUT2D eigenvalue weighted by Gasteiger charge is 2.18. The minimum absolute atomic E-state index is 0.0732. The molecule has 0 amide bonds. The maximum atomic E-state index is 13.3. The number of carbonyl (C=O) groups is 1. The van der Waals surface area contributed by atoms with Crippen molar-refractivity contribution >= 4 is 39.4 Å². The second kappa shape index (κ2) is 7.17. The fourth-order valence-electron chi connectivity index (χ4n) is 3.42. The number of hydrogen-bond donors (Lipinski definition) is 1. The maximum absolute atomic E-state index is 13.3. The predicted molar refractivity (Wildman–Crippen MR) is 116 cm³/mol. The summed E-state index contributed by atoms with van der Waals surface area (Å²) in [6, 6.07) is 26.9. The van der Waals surface area contributed by atoms with Crippen LogP contribution in [0, 0.1) is 0 Å². The molecule has 29 heavy (non-hydrogen) atoms. The normalized spacial score (nSPS) is 11.8. The summed E-state index contributed by atoms with van der Waals surface area (Å²) in [7, 11) is 0. The highest BCUT2D eigenvalue weighted by atomic mass is 16.1. The number of Topliss-reactive ketones (excluding diaryl/α,β-unsaturated/α-hetero) is 1. The third kappa shape index (κ3) is 3.32. The van der Waals surface area contributed by atoms with E-state index in [0.717, 1.165) is 27.5 Å². The quantitative estimate of drug-likeness (QED) is 0.332. The summed E-state index contributed by atoms with van der Waals surface area (Å²) in [4.78, 5) is 25.7. The van der Waals surface area contributed by atoms with Gasteiger partial charge in [-0.15, -0.1) is 0 Å². The van der Waals surface area contributed by atoms with Crippen LogP contribution in [0.4, 0.5) is 0 Å². The summed E-state index contributed by atoms with van der Waals surface area (Å²) in [6.07, 6.45) is 3.66. The van der Waals surface area contributed by atoms with Crippen molar-refractivity contribution in [3.63, 3.8) is 0 Å². The molecule has 0 fully saturated rings. The van der Waals surface area contributed by atoms with Crippen molar-refractivity contribution in [1.82, 2.24) is 15.0 Å². The molecule has 3 aromatic carbocycles. The van der Waals surface area contributed by atoms with Crippen LogP contribution in [0.2, 0.25) is 0 Å². The van der Waals surface area contributed by atoms with Crippen LogP contribution in [-0.2, 0) is 0 Å². The Morgan fingerprint density at radius 3 is 2.52 bits per heavy atom. The predicted octanol–water partition coefficient (Wildman–Crippen LogP) is 5.53. The van der Waals surface area contributed by atoms with E-state index < -0.39 is 0 Å². The fraction of sp³-hybridized carbons (Fsp3) is 0. The molecule has 0 saturated carbocycles. The molecule has 1 N–H and O–H groups in total. The van der Waals surface area contributed by atoms with E-state index in [0.29, 0.717) is 17.0 Å². The Bertz CT molecular complexity index is 1330. The van der Waals surface area contributed by atoms with Gasteiger partial charge in [-0.05, 0) is 42.0 Å². The van der Waals surface area contributed by atoms with Crippen LogP contribution in [-0.4, -0.2) is 20.7 Å². The van der Waals surface area contributed by atoms with Crippen LogP contribution in [0.3, 0.4) is 0 Å². The largest absolute Gasteiger partial charge is 0.338 e. The molecule has 0 atom stereocenters. The number of rotatable bonds is 4. The van der Waals surface area contributed by atoms with Crippen molar-refractivity contribution < 1.29 is 4.79 Å². The number of nitrogens with zero attached hydrogens (tertiary/aromatic N) is 2. The third-order valence-corrected chi connectivity index (χ3v) is 4.86. The Hall–Kier alpha value is -4.05. The molecule has 0 spiro atoms. The molecule has 2 aromatic heterocycles. The summed E-state index contributed by atoms with van der Waals surface area (Å²) in [5.41, 5.74) is 4.72. The number of H-pyrrole nitrogens is 1. The Labute approximate surface area is 167 Å². The van der Waals surface area contributed by atoms with Gasteiger partial charge in [-0.1, -0.05) is 54.6 Å². The van der Waals surface area contributed by atoms with Crippen molar-refractivity contribution in [3.8, 4) is 0 Å². The molecule has 0 aliphatic rings. The fourth-order valence-corrected chi connectivity index (χ4v) is 3.42. The zero-order valence-electron chi connectivity index (χ0n) is 15.5. The highest BCUT2D eigenvalue weighted by molar-refractivity contribution is 6.32. The van der Waals surface area contributed by atoms with Crippen LogP contribution in [0.25, 0.3) is 33.6 Å². The summed E-state index contributed by atoms with van der Waals surface area (Å²) in [5.74, 6) is 0.488. The summed E-state index contributed by atoms with van der Waals surface area (Å²) >= 11 is 0. The number of fused-ring (bicyclic) bond motifs is 2. The zero-order chi connectivity index (χ0) is 19.6. The van der Waals surface area contributed by atoms with Gasteiger partial charge in [-0.3, -0.25) is 9.78 Å². The lowest BCUT2D eigenvalue weighted by atomic mass is 10.00. The lowest BCUT2D eigenvalue weighted by Gasteiger charge is -2.06. The van der Waals surface area contributed by atoms with E-state index in [2.05, 4.69) is 15.0 Å². The van der Waals surface area contributed by atoms with Gasteiger partial charge in [0.15, 0.2) is 5.78 Å². The van der Waals surface area contributed by atoms with Crippen LogP contribution in [0.1, 0.15) is 21.7 Å². The second-order valence-corrected chi connectivity index (χ2v) is 6.81. The molecule has 0 saturated heterocycles. The van der Waals surface area contributed by atoms with Gasteiger partial charge in [-0.2, -0.15) is 0 Å². The van der Waals surface area contributed by atoms with E-state index in [4.69, 9.17) is 0 Å². The number of nitrogens with one attached hydrogen (secondary N) is 1. The maximum Gasteiger partial charge on any atom is 0.196 e. The van der Waals surface area contributed by atoms with Crippen molar-refractivity contribution in [3.05, 3.63) is 108 Å². The van der Waals surface area contributed by atoms with Crippen LogP contribution < -0.4 is 0 Å². The molecule has 0 radical (unpaired) electrons. The molecular formula is C25H17N3O. The Kier molecular flexibility index (Phi) is 4.22. The molecule has 0 unspecified atom stereocenters. The number of para-hydroxylation sites is 2. The summed E-state index contributed by atoms with van der Waals surface area (Å²) < 4.78 is 0. The Balaban J connectivity index is 1.68. The molecule has 138 valence electrons. The minimum atomic E-state index is -0.0732. The number of aromatic amines is 1. The van der Waals surface area contributed by atoms with Crippen LogP contribution >= 0.6 is 0 Å². The van der Waals surface area contributed by atoms with E-state index >= 15 is 0 Å². The molecular weight excluding hydrogens is 358 g/mol. The lowest BCUT2D eigenvalue weighted by molar-refractivity contribution is 0.105. The van der Waals surface area contributed by atoms with Gasteiger partial charge < -0.3 is 4.98 Å². The van der Waals surface area contributed by atoms with Crippen molar-refractivity contribution in [2.45, 2.75) is 0 Å². The van der Waals surface area contributed by atoms with Crippen molar-refractivity contribution in [2.24, 2.45) is 0 Å². The molecule has 0 bridgehead atoms. The molecule has 2 heterocycles. The van der Waals surface area contributed by atoms with Gasteiger partial charge in [0.05, 0.1) is 22.1 Å². The van der Waals surface area contributed by atoms with Gasteiger partial charge in [0.25, 0.3) is 0 Å². The van der Waals surface area contributed by atoms with Crippen molar-refractivity contribution in [2.75, 3.05) is 0 Å². The number of carbonyl (C=O) groups excluding carboxylic acids is 1. The number of hydrogen-bond acceptors (Lipinski definition) is 3. The number of imidazole rings is 1. The minimum Gasteiger partial charge on any atom is -0.338 e. The number of benzene rings is 3. The first-order valence-corrected chi connectivity index (χ1v) is 9.39. The van der Waals surface area contributed by atoms with Crippen LogP contribution in [0.5, 0.6) is 0 Å². The molecule has 5 rings (SSSR count). The topological polar surface area (TPSA) is 58.6 Å². The smallest absolute Gasteiger partial charge is 0.196 e. The molecule has 4 heteroatoms. The second-order valence-electron chi connectivity index (χ2n) is 6.81. The van der Waals surface area contributed by atoms with Crippen molar-refractivity contribution in [1.29, 1.82) is 0 Å². The average molecular weight is 375 g/mol. The SMILES string of the molecule is O=C(/C(=C/c1ccc2ncccc2c1)c1nc2ccccc2[nH]1)c1ccccc1. The molecule has 5 aromatic rings. The summed E-state index contributed by atoms with van der Waals surface area (Å²) in [6.45, 7) is 0. The highest BCUT2D eigenvalue weighted by Crippen LogP contribution is 2.25. The van der Waals surface area contributed by atoms with E-state index in [1.165, 1.54) is 0 Å². The first kappa shape index (κ1) is 17.1. The van der Waals surface area contributed by atoms with Crippen LogP contribution in [0.15, 0.2) is 91.1 Å². The van der Waals surface area contributed by atoms with E-state index in [1.807, 2.05) is 91.0 Å². The van der Waals surface area contributed by atoms with E-state index in [9.17, 15) is 4.79 Å². The van der Waals surface area contributed by atoms with E-state index in [-0.39, 0.29) is 5.78 Å². The number of aromatic nitrogens is 3. The first-order chi connectivity index (χ1) is 14.3. The van der Waals surface area contributed by atoms with E-state index in [1.54, 1.807) is 6.20 Å². The number of allylic oxidation sites excluding steroid dienone is 1. The van der Waals surface area contributed by atoms with Gasteiger partial charge >= 0.3 is 0 Å². The zero-order valence-corrected chi connectivity index (χ0v) is 15.5. The lowest BCUT2D eigenvalue weighted by Crippen LogP contribution is -2.04. The number of ketones is 1. The van der Waals surface area contributed by atoms with Gasteiger partial charge in [0, 0.05) is 17.1 Å². The Morgan fingerprint density at radius 2 is 1.66 bits per heavy atom. The number of pyridine rings is 1. The molecule has 0 aliphatic heterocycles. The average Bonchev–Trinajstić information content (AvgIpc) is 3.21. The van der Waals surface area contributed by atoms with Gasteiger partial charge in [-0.25, -0.2) is 4.98 Å². The first-order valence-electron chi connectivity index (χ1n) is 9.39. The summed E-state index contributed by atoms with van der Waals surface area (Å²) in [5, 5.41) is 1.03. The standard InChI is InChI=1S/C25H17N3O/c29-24(18-7-2-1-3-8-18)20(25-27-22-10-4-5-11-23(22)28-25)16-17-12-13-21-19(15-17)9-6-14-26-21/h1-16H,(H,27,28)/b20-16-. The Morgan fingerprint density at radius 1 is 0.828 bits per heavy atom. The van der Waals surface area contributed by atoms with Gasteiger partial charge in [0.1, 0.15) is 5.82 Å². The van der Waals surface area contributed by atoms with Gasteiger partial charge in [0.2, 0.25) is 0 Å². The molecule has 4 nitrogen and oxygen atoms in total. The monoisotopic (exact) mass is 375 g/mol. The molecule has 0 aliphatic carbocycles. The third-order valence-electron chi connectivity index (χ3n) is 4.86.